The van der Waals surface area contributed by atoms with E-state index in [0.717, 1.165) is 19.5 Å². The lowest BCUT2D eigenvalue weighted by Gasteiger charge is -2.15. The highest BCUT2D eigenvalue weighted by Gasteiger charge is 2.28. The third-order valence-electron chi connectivity index (χ3n) is 2.35. The molecular formula is C8H15F3N2S. The van der Waals surface area contributed by atoms with E-state index < -0.39 is 5.51 Å². The SMILES string of the molecule is CNC1CCN(CCSC(F)(F)F)C1. The van der Waals surface area contributed by atoms with Crippen molar-refractivity contribution in [3.05, 3.63) is 0 Å². The fourth-order valence-electron chi connectivity index (χ4n) is 1.56. The number of alkyl halides is 3. The summed E-state index contributed by atoms with van der Waals surface area (Å²) < 4.78 is 35.4. The molecule has 1 N–H and O–H groups in total. The highest BCUT2D eigenvalue weighted by atomic mass is 32.2. The van der Waals surface area contributed by atoms with Crippen molar-refractivity contribution in [1.82, 2.24) is 10.2 Å². The van der Waals surface area contributed by atoms with Gasteiger partial charge in [0.05, 0.1) is 0 Å². The average molecular weight is 228 g/mol. The van der Waals surface area contributed by atoms with E-state index in [1.165, 1.54) is 0 Å². The van der Waals surface area contributed by atoms with E-state index in [4.69, 9.17) is 0 Å². The summed E-state index contributed by atoms with van der Waals surface area (Å²) in [6, 6.07) is 0.450. The Morgan fingerprint density at radius 2 is 2.21 bits per heavy atom. The first-order chi connectivity index (χ1) is 6.51. The molecule has 0 amide bonds. The van der Waals surface area contributed by atoms with Crippen molar-refractivity contribution in [1.29, 1.82) is 0 Å². The zero-order valence-electron chi connectivity index (χ0n) is 8.10. The van der Waals surface area contributed by atoms with Crippen molar-refractivity contribution >= 4 is 11.8 Å². The number of nitrogens with zero attached hydrogens (tertiary/aromatic N) is 1. The van der Waals surface area contributed by atoms with Gasteiger partial charge in [-0.3, -0.25) is 0 Å². The molecule has 6 heteroatoms. The van der Waals surface area contributed by atoms with Gasteiger partial charge in [0.25, 0.3) is 0 Å². The summed E-state index contributed by atoms with van der Waals surface area (Å²) in [7, 11) is 1.89. The van der Waals surface area contributed by atoms with Crippen LogP contribution in [0.5, 0.6) is 0 Å². The molecule has 0 aromatic carbocycles. The lowest BCUT2D eigenvalue weighted by Crippen LogP contribution is -2.30. The van der Waals surface area contributed by atoms with E-state index in [9.17, 15) is 13.2 Å². The Morgan fingerprint density at radius 3 is 2.71 bits per heavy atom. The number of hydrogen-bond donors (Lipinski definition) is 1. The first kappa shape index (κ1) is 12.1. The van der Waals surface area contributed by atoms with Crippen LogP contribution in [0.1, 0.15) is 6.42 Å². The molecule has 14 heavy (non-hydrogen) atoms. The van der Waals surface area contributed by atoms with E-state index >= 15 is 0 Å². The third kappa shape index (κ3) is 4.52. The Kier molecular flexibility index (Phi) is 4.53. The normalized spacial score (nSPS) is 24.4. The molecule has 0 aliphatic carbocycles. The van der Waals surface area contributed by atoms with Crippen molar-refractivity contribution in [3.8, 4) is 0 Å². The average Bonchev–Trinajstić information content (AvgIpc) is 2.50. The summed E-state index contributed by atoms with van der Waals surface area (Å²) >= 11 is 0.0672. The van der Waals surface area contributed by atoms with Crippen molar-refractivity contribution < 1.29 is 13.2 Å². The first-order valence-corrected chi connectivity index (χ1v) is 5.60. The predicted octanol–water partition coefficient (Wildman–Crippen LogP) is 1.53. The second kappa shape index (κ2) is 5.23. The minimum Gasteiger partial charge on any atom is -0.316 e. The van der Waals surface area contributed by atoms with E-state index in [2.05, 4.69) is 10.2 Å². The second-order valence-electron chi connectivity index (χ2n) is 3.37. The van der Waals surface area contributed by atoms with Gasteiger partial charge < -0.3 is 10.2 Å². The first-order valence-electron chi connectivity index (χ1n) is 4.61. The largest absolute Gasteiger partial charge is 0.441 e. The number of halogens is 3. The number of nitrogens with one attached hydrogen (secondary N) is 1. The lowest BCUT2D eigenvalue weighted by molar-refractivity contribution is -0.0328. The fraction of sp³-hybridized carbons (Fsp3) is 1.00. The smallest absolute Gasteiger partial charge is 0.316 e. The molecule has 1 aliphatic rings. The summed E-state index contributed by atoms with van der Waals surface area (Å²) in [4.78, 5) is 2.07. The Bertz CT molecular complexity index is 174. The maximum atomic E-state index is 11.8. The molecule has 0 spiro atoms. The number of hydrogen-bond acceptors (Lipinski definition) is 3. The summed E-state index contributed by atoms with van der Waals surface area (Å²) in [5.41, 5.74) is -4.08. The minimum atomic E-state index is -4.08. The van der Waals surface area contributed by atoms with Gasteiger partial charge in [0.1, 0.15) is 0 Å². The monoisotopic (exact) mass is 228 g/mol. The number of likely N-dealkylation sites (tertiary alicyclic amines) is 1. The van der Waals surface area contributed by atoms with Gasteiger partial charge in [-0.25, -0.2) is 0 Å². The van der Waals surface area contributed by atoms with Crippen molar-refractivity contribution in [2.24, 2.45) is 0 Å². The minimum absolute atomic E-state index is 0.0672. The Labute approximate surface area is 86.2 Å². The third-order valence-corrected chi connectivity index (χ3v) is 3.07. The molecule has 1 aliphatic heterocycles. The van der Waals surface area contributed by atoms with Crippen molar-refractivity contribution in [2.45, 2.75) is 18.0 Å². The molecule has 1 rings (SSSR count). The van der Waals surface area contributed by atoms with Crippen LogP contribution in [-0.2, 0) is 0 Å². The maximum Gasteiger partial charge on any atom is 0.441 e. The van der Waals surface area contributed by atoms with E-state index in [1.807, 2.05) is 7.05 Å². The molecule has 2 nitrogen and oxygen atoms in total. The zero-order chi connectivity index (χ0) is 10.6. The number of thioether (sulfide) groups is 1. The molecule has 1 fully saturated rings. The molecule has 1 atom stereocenters. The molecule has 1 saturated heterocycles. The fourth-order valence-corrected chi connectivity index (χ4v) is 2.14. The van der Waals surface area contributed by atoms with Crippen LogP contribution in [0.15, 0.2) is 0 Å². The molecule has 84 valence electrons. The Balaban J connectivity index is 2.09. The van der Waals surface area contributed by atoms with Gasteiger partial charge in [0, 0.05) is 24.9 Å². The zero-order valence-corrected chi connectivity index (χ0v) is 8.92. The highest BCUT2D eigenvalue weighted by Crippen LogP contribution is 2.30. The van der Waals surface area contributed by atoms with Crippen LogP contribution < -0.4 is 5.32 Å². The number of likely N-dealkylation sites (N-methyl/N-ethyl adjacent to an activating group) is 1. The molecule has 0 aromatic rings. The van der Waals surface area contributed by atoms with Gasteiger partial charge in [0.15, 0.2) is 0 Å². The van der Waals surface area contributed by atoms with Crippen LogP contribution in [0.3, 0.4) is 0 Å². The van der Waals surface area contributed by atoms with Gasteiger partial charge in [-0.2, -0.15) is 13.2 Å². The molecule has 0 radical (unpaired) electrons. The molecule has 0 bridgehead atoms. The molecule has 1 heterocycles. The summed E-state index contributed by atoms with van der Waals surface area (Å²) in [5, 5.41) is 3.13. The van der Waals surface area contributed by atoms with Crippen LogP contribution in [-0.4, -0.2) is 48.9 Å². The summed E-state index contributed by atoms with van der Waals surface area (Å²) in [6.07, 6.45) is 1.03. The topological polar surface area (TPSA) is 15.3 Å². The predicted molar refractivity (Wildman–Crippen MR) is 52.4 cm³/mol. The van der Waals surface area contributed by atoms with Gasteiger partial charge in [0.2, 0.25) is 0 Å². The van der Waals surface area contributed by atoms with Crippen LogP contribution >= 0.6 is 11.8 Å². The lowest BCUT2D eigenvalue weighted by atomic mass is 10.3. The van der Waals surface area contributed by atoms with Gasteiger partial charge in [-0.15, -0.1) is 0 Å². The molecule has 1 unspecified atom stereocenters. The van der Waals surface area contributed by atoms with Crippen molar-refractivity contribution in [3.63, 3.8) is 0 Å². The number of rotatable bonds is 4. The van der Waals surface area contributed by atoms with Gasteiger partial charge in [-0.05, 0) is 31.8 Å². The quantitative estimate of drug-likeness (QED) is 0.785. The van der Waals surface area contributed by atoms with Crippen LogP contribution in [0.2, 0.25) is 0 Å². The van der Waals surface area contributed by atoms with Gasteiger partial charge in [-0.1, -0.05) is 0 Å². The second-order valence-corrected chi connectivity index (χ2v) is 4.53. The Hall–Kier alpha value is 0.0600. The molecule has 0 saturated carbocycles. The standard InChI is InChI=1S/C8H15F3N2S/c1-12-7-2-3-13(6-7)4-5-14-8(9,10)11/h7,12H,2-6H2,1H3. The van der Waals surface area contributed by atoms with Crippen LogP contribution in [0, 0.1) is 0 Å². The Morgan fingerprint density at radius 1 is 1.50 bits per heavy atom. The van der Waals surface area contributed by atoms with E-state index in [0.29, 0.717) is 12.6 Å². The van der Waals surface area contributed by atoms with E-state index in [1.54, 1.807) is 0 Å². The summed E-state index contributed by atoms with van der Waals surface area (Å²) in [6.45, 7) is 2.31. The maximum absolute atomic E-state index is 11.8. The van der Waals surface area contributed by atoms with Crippen molar-refractivity contribution in [2.75, 3.05) is 32.4 Å². The van der Waals surface area contributed by atoms with E-state index in [-0.39, 0.29) is 17.5 Å². The summed E-state index contributed by atoms with van der Waals surface area (Å²) in [5.74, 6) is 0.139. The highest BCUT2D eigenvalue weighted by molar-refractivity contribution is 8.00. The van der Waals surface area contributed by atoms with Crippen LogP contribution in [0.25, 0.3) is 0 Å². The molecule has 0 aromatic heterocycles. The molecular weight excluding hydrogens is 213 g/mol. The van der Waals surface area contributed by atoms with Crippen LogP contribution in [0.4, 0.5) is 13.2 Å². The van der Waals surface area contributed by atoms with Gasteiger partial charge >= 0.3 is 5.51 Å².